The van der Waals surface area contributed by atoms with E-state index in [1.807, 2.05) is 0 Å². The van der Waals surface area contributed by atoms with Gasteiger partial charge in [0.1, 0.15) is 34.7 Å². The van der Waals surface area contributed by atoms with Crippen LogP contribution >= 0.6 is 0 Å². The summed E-state index contributed by atoms with van der Waals surface area (Å²) in [5.74, 6) is -0.593. The first-order valence-corrected chi connectivity index (χ1v) is 17.1. The van der Waals surface area contributed by atoms with E-state index in [9.17, 15) is 25.2 Å². The lowest BCUT2D eigenvalue weighted by Gasteiger charge is -2.19. The molecule has 2 aromatic carbocycles. The third kappa shape index (κ3) is 18.4. The van der Waals surface area contributed by atoms with Crippen LogP contribution in [0.25, 0.3) is 0 Å². The quantitative estimate of drug-likeness (QED) is 0.0322. The zero-order chi connectivity index (χ0) is 34.0. The van der Waals surface area contributed by atoms with Crippen molar-refractivity contribution in [2.24, 2.45) is 0 Å². The van der Waals surface area contributed by atoms with Crippen molar-refractivity contribution in [1.29, 1.82) is 0 Å². The largest absolute Gasteiger partial charge is 0.516 e. The fourth-order valence-electron chi connectivity index (χ4n) is 5.31. The van der Waals surface area contributed by atoms with Crippen molar-refractivity contribution in [3.8, 4) is 23.0 Å². The monoisotopic (exact) mass is 642 g/mol. The minimum Gasteiger partial charge on any atom is -0.516 e. The van der Waals surface area contributed by atoms with Gasteiger partial charge in [0.15, 0.2) is 0 Å². The van der Waals surface area contributed by atoms with Crippen LogP contribution in [0, 0.1) is 0 Å². The Bertz CT molecular complexity index is 1140. The van der Waals surface area contributed by atoms with E-state index in [-0.39, 0.29) is 41.3 Å². The molecule has 0 fully saturated rings. The van der Waals surface area contributed by atoms with E-state index in [1.165, 1.54) is 24.6 Å². The van der Waals surface area contributed by atoms with Gasteiger partial charge in [-0.3, -0.25) is 0 Å². The van der Waals surface area contributed by atoms with Crippen LogP contribution in [0.1, 0.15) is 132 Å². The maximum absolute atomic E-state index is 13.2. The Morgan fingerprint density at radius 1 is 0.696 bits per heavy atom. The number of aliphatic hydroxyl groups excluding tert-OH is 2. The molecule has 2 rings (SSSR count). The molecule has 0 saturated heterocycles. The second-order valence-electron chi connectivity index (χ2n) is 11.8. The molecule has 0 aliphatic heterocycles. The highest BCUT2D eigenvalue weighted by Gasteiger charge is 2.22. The van der Waals surface area contributed by atoms with E-state index in [1.54, 1.807) is 18.2 Å². The number of hydrogen-bond donors (Lipinski definition) is 6. The minimum atomic E-state index is -0.508. The van der Waals surface area contributed by atoms with Gasteiger partial charge in [-0.05, 0) is 99.6 Å². The first kappa shape index (κ1) is 40.4. The predicted molar refractivity (Wildman–Crippen MR) is 185 cm³/mol. The molecule has 0 spiro atoms. The zero-order valence-electron chi connectivity index (χ0n) is 28.0. The summed E-state index contributed by atoms with van der Waals surface area (Å²) >= 11 is 0. The van der Waals surface area contributed by atoms with E-state index in [4.69, 9.17) is 14.9 Å². The predicted octanol–water partition coefficient (Wildman–Crippen LogP) is 9.32. The molecule has 0 radical (unpaired) electrons. The first-order chi connectivity index (χ1) is 22.2. The van der Waals surface area contributed by atoms with Crippen LogP contribution in [0.2, 0.25) is 0 Å². The fourth-order valence-corrected chi connectivity index (χ4v) is 5.31. The van der Waals surface area contributed by atoms with Crippen molar-refractivity contribution in [3.63, 3.8) is 0 Å². The number of aryl methyl sites for hydroxylation is 2. The van der Waals surface area contributed by atoms with Gasteiger partial charge in [0.05, 0.1) is 12.9 Å². The molecule has 1 atom stereocenters. The Labute approximate surface area is 276 Å². The lowest BCUT2D eigenvalue weighted by molar-refractivity contribution is 0.0249. The number of carbonyl (C=O) groups is 1. The van der Waals surface area contributed by atoms with E-state index < -0.39 is 5.97 Å². The molecule has 0 aromatic heterocycles. The number of rotatable bonds is 22. The first-order valence-electron chi connectivity index (χ1n) is 17.1. The fraction of sp³-hybridized carbons (Fsp3) is 0.553. The van der Waals surface area contributed by atoms with Gasteiger partial charge in [-0.25, -0.2) is 4.79 Å². The lowest BCUT2D eigenvalue weighted by atomic mass is 9.98. The SMILES string of the molecule is CCC/C=C/CCCCCCc1cc(O)cc(O)c1C(=O)OC(CCC)CCCCCCCc1cc(O)cc(O)c1.O/C=C/CO. The number of ether oxygens (including phenoxy) is 1. The molecule has 46 heavy (non-hydrogen) atoms. The molecule has 2 aromatic rings. The number of benzene rings is 2. The highest BCUT2D eigenvalue weighted by atomic mass is 16.5. The molecule has 0 aliphatic carbocycles. The number of carbonyl (C=O) groups excluding carboxylic acids is 1. The van der Waals surface area contributed by atoms with Gasteiger partial charge in [0, 0.05) is 12.1 Å². The summed E-state index contributed by atoms with van der Waals surface area (Å²) < 4.78 is 5.90. The molecule has 8 nitrogen and oxygen atoms in total. The summed E-state index contributed by atoms with van der Waals surface area (Å²) in [6.45, 7) is 4.16. The third-order valence-corrected chi connectivity index (χ3v) is 7.63. The topological polar surface area (TPSA) is 148 Å². The highest BCUT2D eigenvalue weighted by molar-refractivity contribution is 5.94. The van der Waals surface area contributed by atoms with Gasteiger partial charge in [0.25, 0.3) is 0 Å². The molecule has 8 heteroatoms. The van der Waals surface area contributed by atoms with Crippen LogP contribution in [0.5, 0.6) is 23.0 Å². The Hall–Kier alpha value is -3.65. The minimum absolute atomic E-state index is 0.0407. The Balaban J connectivity index is 0.00000195. The summed E-state index contributed by atoms with van der Waals surface area (Å²) in [5.41, 5.74) is 1.76. The maximum Gasteiger partial charge on any atom is 0.342 e. The van der Waals surface area contributed by atoms with Crippen molar-refractivity contribution >= 4 is 5.97 Å². The van der Waals surface area contributed by atoms with Crippen LogP contribution in [0.4, 0.5) is 0 Å². The van der Waals surface area contributed by atoms with Crippen LogP contribution in [0.15, 0.2) is 54.8 Å². The Morgan fingerprint density at radius 3 is 1.93 bits per heavy atom. The number of phenolic OH excluding ortho intramolecular Hbond substituents is 4. The molecule has 258 valence electrons. The lowest BCUT2D eigenvalue weighted by Crippen LogP contribution is -2.19. The van der Waals surface area contributed by atoms with Crippen molar-refractivity contribution in [2.45, 2.75) is 129 Å². The summed E-state index contributed by atoms with van der Waals surface area (Å²) in [4.78, 5) is 13.2. The van der Waals surface area contributed by atoms with Crippen LogP contribution in [-0.4, -0.2) is 49.3 Å². The normalized spacial score (nSPS) is 11.9. The second kappa shape index (κ2) is 25.5. The smallest absolute Gasteiger partial charge is 0.342 e. The summed E-state index contributed by atoms with van der Waals surface area (Å²) in [6, 6.07) is 7.51. The summed E-state index contributed by atoms with van der Waals surface area (Å²) in [7, 11) is 0. The molecule has 0 saturated carbocycles. The van der Waals surface area contributed by atoms with Gasteiger partial charge in [0.2, 0.25) is 0 Å². The molecular formula is C38H58O8. The van der Waals surface area contributed by atoms with Crippen LogP contribution in [-0.2, 0) is 17.6 Å². The summed E-state index contributed by atoms with van der Waals surface area (Å²) in [5, 5.41) is 55.4. The zero-order valence-corrected chi connectivity index (χ0v) is 28.0. The van der Waals surface area contributed by atoms with Crippen LogP contribution in [0.3, 0.4) is 0 Å². The van der Waals surface area contributed by atoms with Gasteiger partial charge >= 0.3 is 5.97 Å². The van der Waals surface area contributed by atoms with Crippen molar-refractivity contribution in [3.05, 3.63) is 71.5 Å². The second-order valence-corrected chi connectivity index (χ2v) is 11.8. The highest BCUT2D eigenvalue weighted by Crippen LogP contribution is 2.30. The Kier molecular flexibility index (Phi) is 22.4. The number of phenols is 4. The number of hydrogen-bond acceptors (Lipinski definition) is 8. The van der Waals surface area contributed by atoms with E-state index in [0.717, 1.165) is 108 Å². The van der Waals surface area contributed by atoms with Crippen LogP contribution < -0.4 is 0 Å². The molecule has 0 heterocycles. The third-order valence-electron chi connectivity index (χ3n) is 7.63. The number of aromatic hydroxyl groups is 4. The average Bonchev–Trinajstić information content (AvgIpc) is 2.99. The molecule has 0 bridgehead atoms. The van der Waals surface area contributed by atoms with Crippen molar-refractivity contribution < 1.29 is 40.2 Å². The van der Waals surface area contributed by atoms with Gasteiger partial charge in [-0.1, -0.05) is 70.9 Å². The number of aliphatic hydroxyl groups is 2. The average molecular weight is 643 g/mol. The number of unbranched alkanes of at least 4 members (excludes halogenated alkanes) is 9. The Morgan fingerprint density at radius 2 is 1.30 bits per heavy atom. The standard InChI is InChI=1S/C35H52O6.C3H6O2/c1-3-5-6-7-8-9-10-13-16-20-28-24-31(38)26-33(39)34(28)35(40)41-32(18-4-2)21-17-14-11-12-15-19-27-22-29(36)25-30(37)23-27;4-2-1-3-5/h6-7,22-26,32,36-39H,3-5,8-21H2,1-2H3;1-2,4-5H,3H2/b7-6+;2-1+. The van der Waals surface area contributed by atoms with Crippen molar-refractivity contribution in [2.75, 3.05) is 6.61 Å². The number of esters is 1. The van der Waals surface area contributed by atoms with Gasteiger partial charge in [-0.2, -0.15) is 0 Å². The van der Waals surface area contributed by atoms with E-state index in [2.05, 4.69) is 26.0 Å². The van der Waals surface area contributed by atoms with Crippen molar-refractivity contribution in [1.82, 2.24) is 0 Å². The van der Waals surface area contributed by atoms with E-state index >= 15 is 0 Å². The molecular weight excluding hydrogens is 584 g/mol. The molecule has 1 unspecified atom stereocenters. The van der Waals surface area contributed by atoms with Gasteiger partial charge < -0.3 is 35.4 Å². The molecule has 0 amide bonds. The van der Waals surface area contributed by atoms with E-state index in [0.29, 0.717) is 12.0 Å². The maximum atomic E-state index is 13.2. The molecule has 6 N–H and O–H groups in total. The number of allylic oxidation sites excluding steroid dienone is 2. The van der Waals surface area contributed by atoms with Gasteiger partial charge in [-0.15, -0.1) is 0 Å². The molecule has 0 aliphatic rings. The summed E-state index contributed by atoms with van der Waals surface area (Å²) in [6.07, 6.45) is 22.9.